The number of halogens is 2. The van der Waals surface area contributed by atoms with Crippen molar-refractivity contribution in [2.75, 3.05) is 5.32 Å². The van der Waals surface area contributed by atoms with E-state index >= 15 is 0 Å². The minimum Gasteiger partial charge on any atom is -0.326 e. The summed E-state index contributed by atoms with van der Waals surface area (Å²) in [6.07, 6.45) is 0.233. The largest absolute Gasteiger partial charge is 0.326 e. The van der Waals surface area contributed by atoms with E-state index in [4.69, 9.17) is 11.6 Å². The van der Waals surface area contributed by atoms with Crippen molar-refractivity contribution in [2.45, 2.75) is 13.3 Å². The Hall–Kier alpha value is -1.69. The molecule has 122 valence electrons. The van der Waals surface area contributed by atoms with Gasteiger partial charge >= 0.3 is 0 Å². The molecule has 0 radical (unpaired) electrons. The van der Waals surface area contributed by atoms with Crippen LogP contribution in [0.4, 0.5) is 5.69 Å². The van der Waals surface area contributed by atoms with Crippen LogP contribution in [-0.2, 0) is 11.2 Å². The molecule has 0 saturated heterocycles. The van der Waals surface area contributed by atoms with Gasteiger partial charge in [0, 0.05) is 21.1 Å². The van der Waals surface area contributed by atoms with Gasteiger partial charge in [-0.2, -0.15) is 0 Å². The number of aromatic nitrogens is 1. The third kappa shape index (κ3) is 4.04. The lowest BCUT2D eigenvalue weighted by atomic mass is 10.2. The van der Waals surface area contributed by atoms with Crippen LogP contribution in [0.3, 0.4) is 0 Å². The Bertz CT molecular complexity index is 894. The minimum absolute atomic E-state index is 0.0866. The Labute approximate surface area is 157 Å². The van der Waals surface area contributed by atoms with Crippen molar-refractivity contribution in [3.8, 4) is 10.6 Å². The van der Waals surface area contributed by atoms with E-state index in [1.54, 1.807) is 0 Å². The topological polar surface area (TPSA) is 42.0 Å². The molecule has 24 heavy (non-hydrogen) atoms. The van der Waals surface area contributed by atoms with E-state index in [9.17, 15) is 4.79 Å². The second kappa shape index (κ2) is 7.47. The van der Waals surface area contributed by atoms with Crippen molar-refractivity contribution in [3.63, 3.8) is 0 Å². The van der Waals surface area contributed by atoms with Crippen LogP contribution >= 0.6 is 38.9 Å². The fourth-order valence-electron chi connectivity index (χ4n) is 2.27. The predicted octanol–water partition coefficient (Wildman–Crippen LogP) is 5.72. The van der Waals surface area contributed by atoms with Crippen molar-refractivity contribution in [1.82, 2.24) is 4.98 Å². The van der Waals surface area contributed by atoms with Crippen LogP contribution in [-0.4, -0.2) is 10.9 Å². The third-order valence-corrected chi connectivity index (χ3v) is 5.21. The summed E-state index contributed by atoms with van der Waals surface area (Å²) in [6, 6.07) is 13.3. The maximum absolute atomic E-state index is 12.2. The molecule has 0 aliphatic heterocycles. The molecule has 3 aromatic rings. The first-order chi connectivity index (χ1) is 11.5. The molecule has 0 aliphatic rings. The molecule has 1 amide bonds. The summed E-state index contributed by atoms with van der Waals surface area (Å²) < 4.78 is 0.988. The lowest BCUT2D eigenvalue weighted by Gasteiger charge is -2.08. The van der Waals surface area contributed by atoms with Crippen molar-refractivity contribution in [3.05, 3.63) is 68.6 Å². The van der Waals surface area contributed by atoms with Gasteiger partial charge in [-0.15, -0.1) is 11.3 Å². The van der Waals surface area contributed by atoms with Gasteiger partial charge in [0.05, 0.1) is 17.1 Å². The van der Waals surface area contributed by atoms with Gasteiger partial charge in [-0.05, 0) is 36.8 Å². The van der Waals surface area contributed by atoms with Crippen molar-refractivity contribution < 1.29 is 4.79 Å². The standard InChI is InChI=1S/C18H14BrClN2OS/c1-11-8-12(19)6-7-16(11)22-17(23)9-13-10-24-18(21-13)14-4-2-3-5-15(14)20/h2-8,10H,9H2,1H3,(H,22,23). The zero-order valence-corrected chi connectivity index (χ0v) is 16.0. The number of nitrogens with one attached hydrogen (secondary N) is 1. The SMILES string of the molecule is Cc1cc(Br)ccc1NC(=O)Cc1csc(-c2ccccc2Cl)n1. The average molecular weight is 422 g/mol. The second-order valence-electron chi connectivity index (χ2n) is 5.31. The van der Waals surface area contributed by atoms with Gasteiger partial charge in [0.1, 0.15) is 5.01 Å². The fraction of sp³-hybridized carbons (Fsp3) is 0.111. The van der Waals surface area contributed by atoms with Crippen LogP contribution in [0.25, 0.3) is 10.6 Å². The average Bonchev–Trinajstić information content (AvgIpc) is 2.99. The number of carbonyl (C=O) groups is 1. The van der Waals surface area contributed by atoms with E-state index in [2.05, 4.69) is 26.2 Å². The lowest BCUT2D eigenvalue weighted by Crippen LogP contribution is -2.15. The number of benzene rings is 2. The van der Waals surface area contributed by atoms with Gasteiger partial charge < -0.3 is 5.32 Å². The summed E-state index contributed by atoms with van der Waals surface area (Å²) in [5.74, 6) is -0.0866. The predicted molar refractivity (Wildman–Crippen MR) is 104 cm³/mol. The molecule has 0 atom stereocenters. The number of aryl methyl sites for hydroxylation is 1. The number of amides is 1. The molecule has 3 nitrogen and oxygen atoms in total. The molecule has 0 bridgehead atoms. The van der Waals surface area contributed by atoms with Crippen molar-refractivity contribution >= 4 is 50.5 Å². The first-order valence-corrected chi connectivity index (χ1v) is 9.33. The Morgan fingerprint density at radius 1 is 1.29 bits per heavy atom. The zero-order valence-electron chi connectivity index (χ0n) is 12.8. The fourth-order valence-corrected chi connectivity index (χ4v) is 3.89. The van der Waals surface area contributed by atoms with E-state index in [1.807, 2.05) is 54.8 Å². The molecule has 0 spiro atoms. The van der Waals surface area contributed by atoms with E-state index in [1.165, 1.54) is 11.3 Å². The summed E-state index contributed by atoms with van der Waals surface area (Å²) in [4.78, 5) is 16.8. The molecule has 0 fully saturated rings. The minimum atomic E-state index is -0.0866. The van der Waals surface area contributed by atoms with Gasteiger partial charge in [0.2, 0.25) is 5.91 Å². The number of thiazole rings is 1. The van der Waals surface area contributed by atoms with Gasteiger partial charge in [-0.25, -0.2) is 4.98 Å². The Morgan fingerprint density at radius 2 is 2.08 bits per heavy atom. The zero-order chi connectivity index (χ0) is 17.1. The highest BCUT2D eigenvalue weighted by molar-refractivity contribution is 9.10. The first kappa shape index (κ1) is 17.1. The molecule has 1 N–H and O–H groups in total. The van der Waals surface area contributed by atoms with Gasteiger partial charge in [0.15, 0.2) is 0 Å². The number of rotatable bonds is 4. The van der Waals surface area contributed by atoms with Crippen LogP contribution in [0.1, 0.15) is 11.3 Å². The highest BCUT2D eigenvalue weighted by atomic mass is 79.9. The maximum Gasteiger partial charge on any atom is 0.230 e. The molecule has 2 aromatic carbocycles. The maximum atomic E-state index is 12.2. The molecule has 0 saturated carbocycles. The molecule has 1 aromatic heterocycles. The molecular weight excluding hydrogens is 408 g/mol. The number of anilines is 1. The molecule has 0 aliphatic carbocycles. The Kier molecular flexibility index (Phi) is 5.33. The summed E-state index contributed by atoms with van der Waals surface area (Å²) in [5.41, 5.74) is 3.44. The summed E-state index contributed by atoms with van der Waals surface area (Å²) >= 11 is 11.1. The molecule has 1 heterocycles. The van der Waals surface area contributed by atoms with Gasteiger partial charge in [-0.3, -0.25) is 4.79 Å². The summed E-state index contributed by atoms with van der Waals surface area (Å²) in [6.45, 7) is 1.96. The Morgan fingerprint density at radius 3 is 2.83 bits per heavy atom. The van der Waals surface area contributed by atoms with Crippen LogP contribution in [0.15, 0.2) is 52.3 Å². The van der Waals surface area contributed by atoms with Crippen LogP contribution < -0.4 is 5.32 Å². The molecule has 0 unspecified atom stereocenters. The van der Waals surface area contributed by atoms with Gasteiger partial charge in [-0.1, -0.05) is 45.7 Å². The molecular formula is C18H14BrClN2OS. The number of carbonyl (C=O) groups excluding carboxylic acids is 1. The summed E-state index contributed by atoms with van der Waals surface area (Å²) in [7, 11) is 0. The first-order valence-electron chi connectivity index (χ1n) is 7.28. The number of hydrogen-bond donors (Lipinski definition) is 1. The number of nitrogens with zero attached hydrogens (tertiary/aromatic N) is 1. The smallest absolute Gasteiger partial charge is 0.230 e. The quantitative estimate of drug-likeness (QED) is 0.586. The third-order valence-electron chi connectivity index (χ3n) is 3.46. The van der Waals surface area contributed by atoms with Gasteiger partial charge in [0.25, 0.3) is 0 Å². The Balaban J connectivity index is 1.70. The van der Waals surface area contributed by atoms with E-state index in [0.717, 1.165) is 32.0 Å². The van der Waals surface area contributed by atoms with Crippen LogP contribution in [0.5, 0.6) is 0 Å². The lowest BCUT2D eigenvalue weighted by molar-refractivity contribution is -0.115. The van der Waals surface area contributed by atoms with E-state index < -0.39 is 0 Å². The van der Waals surface area contributed by atoms with E-state index in [0.29, 0.717) is 5.02 Å². The van der Waals surface area contributed by atoms with E-state index in [-0.39, 0.29) is 12.3 Å². The molecule has 3 rings (SSSR count). The molecule has 6 heteroatoms. The van der Waals surface area contributed by atoms with Crippen molar-refractivity contribution in [2.24, 2.45) is 0 Å². The number of hydrogen-bond acceptors (Lipinski definition) is 3. The highest BCUT2D eigenvalue weighted by Crippen LogP contribution is 2.30. The summed E-state index contributed by atoms with van der Waals surface area (Å²) in [5, 5.41) is 6.30. The highest BCUT2D eigenvalue weighted by Gasteiger charge is 2.12. The normalized spacial score (nSPS) is 10.6. The van der Waals surface area contributed by atoms with Crippen LogP contribution in [0.2, 0.25) is 5.02 Å². The van der Waals surface area contributed by atoms with Crippen molar-refractivity contribution in [1.29, 1.82) is 0 Å². The second-order valence-corrected chi connectivity index (χ2v) is 7.49. The van der Waals surface area contributed by atoms with Crippen LogP contribution in [0, 0.1) is 6.92 Å². The monoisotopic (exact) mass is 420 g/mol.